The van der Waals surface area contributed by atoms with Crippen LogP contribution in [0.1, 0.15) is 21.7 Å². The van der Waals surface area contributed by atoms with E-state index in [0.29, 0.717) is 11.5 Å². The van der Waals surface area contributed by atoms with Crippen LogP contribution in [0.2, 0.25) is 0 Å². The molecule has 0 fully saturated rings. The lowest BCUT2D eigenvalue weighted by Gasteiger charge is -1.93. The zero-order valence-electron chi connectivity index (χ0n) is 10.5. The number of carboxylic acid groups (broad SMARTS) is 1. The molecule has 0 aliphatic carbocycles. The van der Waals surface area contributed by atoms with Crippen molar-refractivity contribution in [2.24, 2.45) is 0 Å². The molecule has 0 aliphatic heterocycles. The van der Waals surface area contributed by atoms with Crippen molar-refractivity contribution >= 4 is 23.8 Å². The number of pyridine rings is 1. The number of carbonyl (C=O) groups is 1. The smallest absolute Gasteiger partial charge is 0.337 e. The van der Waals surface area contributed by atoms with Gasteiger partial charge < -0.3 is 5.11 Å². The minimum atomic E-state index is -0.983. The van der Waals surface area contributed by atoms with Crippen LogP contribution in [-0.4, -0.2) is 25.7 Å². The molecule has 0 bridgehead atoms. The largest absolute Gasteiger partial charge is 0.478 e. The lowest BCUT2D eigenvalue weighted by Crippen LogP contribution is -1.99. The predicted molar refractivity (Wildman–Crippen MR) is 75.3 cm³/mol. The molecule has 3 rings (SSSR count). The summed E-state index contributed by atoms with van der Waals surface area (Å²) in [6, 6.07) is 13.0. The number of aromatic nitrogens is 3. The molecule has 0 radical (unpaired) electrons. The number of nitrogens with zero attached hydrogens (tertiary/aromatic N) is 3. The molecule has 0 amide bonds. The van der Waals surface area contributed by atoms with Gasteiger partial charge in [-0.25, -0.2) is 14.3 Å². The standard InChI is InChI=1S/C15H11N3O2/c19-15(20)12-7-9-14-16-13(17-18(14)10-12)8-6-11-4-2-1-3-5-11/h1-10H,(H,19,20)/b8-6+. The Bertz CT molecular complexity index is 791. The average molecular weight is 265 g/mol. The summed E-state index contributed by atoms with van der Waals surface area (Å²) in [6.45, 7) is 0. The number of benzene rings is 1. The van der Waals surface area contributed by atoms with E-state index in [2.05, 4.69) is 10.1 Å². The summed E-state index contributed by atoms with van der Waals surface area (Å²) in [5, 5.41) is 13.2. The van der Waals surface area contributed by atoms with Gasteiger partial charge in [0.05, 0.1) is 5.56 Å². The molecular weight excluding hydrogens is 254 g/mol. The normalized spacial score (nSPS) is 11.2. The van der Waals surface area contributed by atoms with Gasteiger partial charge in [-0.15, -0.1) is 5.10 Å². The number of hydrogen-bond acceptors (Lipinski definition) is 3. The molecule has 0 unspecified atom stereocenters. The number of fused-ring (bicyclic) bond motifs is 1. The van der Waals surface area contributed by atoms with E-state index in [1.807, 2.05) is 36.4 Å². The van der Waals surface area contributed by atoms with Gasteiger partial charge in [0.25, 0.3) is 0 Å². The first-order valence-electron chi connectivity index (χ1n) is 6.05. The molecule has 3 aromatic rings. The van der Waals surface area contributed by atoms with E-state index in [0.717, 1.165) is 5.56 Å². The Labute approximate surface area is 114 Å². The van der Waals surface area contributed by atoms with Crippen molar-refractivity contribution in [2.75, 3.05) is 0 Å². The fourth-order valence-corrected chi connectivity index (χ4v) is 1.83. The van der Waals surface area contributed by atoms with Gasteiger partial charge in [0, 0.05) is 6.20 Å². The molecule has 98 valence electrons. The lowest BCUT2D eigenvalue weighted by atomic mass is 10.2. The summed E-state index contributed by atoms with van der Waals surface area (Å²) in [7, 11) is 0. The second kappa shape index (κ2) is 4.97. The highest BCUT2D eigenvalue weighted by Crippen LogP contribution is 2.08. The Hall–Kier alpha value is -2.95. The molecule has 1 N–H and O–H groups in total. The second-order valence-electron chi connectivity index (χ2n) is 4.24. The Balaban J connectivity index is 1.93. The highest BCUT2D eigenvalue weighted by molar-refractivity contribution is 5.87. The minimum absolute atomic E-state index is 0.181. The zero-order valence-corrected chi connectivity index (χ0v) is 10.5. The van der Waals surface area contributed by atoms with Gasteiger partial charge in [-0.05, 0) is 23.8 Å². The van der Waals surface area contributed by atoms with E-state index < -0.39 is 5.97 Å². The molecule has 0 saturated heterocycles. The molecule has 0 saturated carbocycles. The van der Waals surface area contributed by atoms with Crippen molar-refractivity contribution in [3.63, 3.8) is 0 Å². The third-order valence-electron chi connectivity index (χ3n) is 2.82. The third kappa shape index (κ3) is 2.42. The maximum absolute atomic E-state index is 10.9. The van der Waals surface area contributed by atoms with Crippen molar-refractivity contribution in [3.8, 4) is 0 Å². The maximum Gasteiger partial charge on any atom is 0.337 e. The Morgan fingerprint density at radius 2 is 1.90 bits per heavy atom. The van der Waals surface area contributed by atoms with E-state index >= 15 is 0 Å². The van der Waals surface area contributed by atoms with Crippen LogP contribution in [0.25, 0.3) is 17.8 Å². The van der Waals surface area contributed by atoms with Gasteiger partial charge in [0.2, 0.25) is 0 Å². The molecule has 5 nitrogen and oxygen atoms in total. The average Bonchev–Trinajstić information content (AvgIpc) is 2.88. The molecule has 2 heterocycles. The van der Waals surface area contributed by atoms with Gasteiger partial charge >= 0.3 is 5.97 Å². The predicted octanol–water partition coefficient (Wildman–Crippen LogP) is 2.60. The number of carboxylic acids is 1. The third-order valence-corrected chi connectivity index (χ3v) is 2.82. The van der Waals surface area contributed by atoms with E-state index in [9.17, 15) is 4.79 Å². The van der Waals surface area contributed by atoms with E-state index in [1.165, 1.54) is 16.8 Å². The summed E-state index contributed by atoms with van der Waals surface area (Å²) in [5.41, 5.74) is 1.85. The summed E-state index contributed by atoms with van der Waals surface area (Å²) >= 11 is 0. The molecule has 2 aromatic heterocycles. The summed E-state index contributed by atoms with van der Waals surface area (Å²) < 4.78 is 1.47. The van der Waals surface area contributed by atoms with Gasteiger partial charge in [0.1, 0.15) is 0 Å². The van der Waals surface area contributed by atoms with Crippen LogP contribution in [0.3, 0.4) is 0 Å². The highest BCUT2D eigenvalue weighted by atomic mass is 16.4. The molecule has 5 heteroatoms. The molecule has 0 spiro atoms. The Kier molecular flexibility index (Phi) is 3.01. The minimum Gasteiger partial charge on any atom is -0.478 e. The SMILES string of the molecule is O=C(O)c1ccc2nc(/C=C/c3ccccc3)nn2c1. The van der Waals surface area contributed by atoms with Gasteiger partial charge in [-0.2, -0.15) is 0 Å². The van der Waals surface area contributed by atoms with Gasteiger partial charge in [-0.1, -0.05) is 36.4 Å². The first-order chi connectivity index (χ1) is 9.72. The van der Waals surface area contributed by atoms with Crippen molar-refractivity contribution in [3.05, 3.63) is 65.6 Å². The maximum atomic E-state index is 10.9. The summed E-state index contributed by atoms with van der Waals surface area (Å²) in [5.74, 6) is -0.444. The van der Waals surface area contributed by atoms with E-state index in [-0.39, 0.29) is 5.56 Å². The highest BCUT2D eigenvalue weighted by Gasteiger charge is 2.06. The van der Waals surface area contributed by atoms with Crippen LogP contribution >= 0.6 is 0 Å². The summed E-state index contributed by atoms with van der Waals surface area (Å²) in [4.78, 5) is 15.2. The lowest BCUT2D eigenvalue weighted by molar-refractivity contribution is 0.0696. The van der Waals surface area contributed by atoms with Crippen LogP contribution in [0, 0.1) is 0 Å². The Morgan fingerprint density at radius 3 is 2.65 bits per heavy atom. The monoisotopic (exact) mass is 265 g/mol. The first kappa shape index (κ1) is 12.1. The van der Waals surface area contributed by atoms with Crippen molar-refractivity contribution in [2.45, 2.75) is 0 Å². The Morgan fingerprint density at radius 1 is 1.10 bits per heavy atom. The van der Waals surface area contributed by atoms with E-state index in [4.69, 9.17) is 5.11 Å². The fraction of sp³-hybridized carbons (Fsp3) is 0. The van der Waals surface area contributed by atoms with Crippen LogP contribution in [-0.2, 0) is 0 Å². The first-order valence-corrected chi connectivity index (χ1v) is 6.05. The molecular formula is C15H11N3O2. The quantitative estimate of drug-likeness (QED) is 0.790. The number of hydrogen-bond donors (Lipinski definition) is 1. The van der Waals surface area contributed by atoms with Crippen LogP contribution in [0.5, 0.6) is 0 Å². The second-order valence-corrected chi connectivity index (χ2v) is 4.24. The van der Waals surface area contributed by atoms with Gasteiger partial charge in [0.15, 0.2) is 11.5 Å². The van der Waals surface area contributed by atoms with E-state index in [1.54, 1.807) is 12.1 Å². The van der Waals surface area contributed by atoms with Crippen LogP contribution < -0.4 is 0 Å². The topological polar surface area (TPSA) is 67.5 Å². The van der Waals surface area contributed by atoms with Gasteiger partial charge in [-0.3, -0.25) is 0 Å². The molecule has 0 atom stereocenters. The van der Waals surface area contributed by atoms with Crippen molar-refractivity contribution < 1.29 is 9.90 Å². The van der Waals surface area contributed by atoms with Crippen LogP contribution in [0.15, 0.2) is 48.7 Å². The number of aromatic carboxylic acids is 1. The van der Waals surface area contributed by atoms with Crippen LogP contribution in [0.4, 0.5) is 0 Å². The zero-order chi connectivity index (χ0) is 13.9. The number of rotatable bonds is 3. The summed E-state index contributed by atoms with van der Waals surface area (Å²) in [6.07, 6.45) is 5.15. The molecule has 1 aromatic carbocycles. The van der Waals surface area contributed by atoms with Crippen molar-refractivity contribution in [1.29, 1.82) is 0 Å². The molecule has 0 aliphatic rings. The molecule has 20 heavy (non-hydrogen) atoms. The van der Waals surface area contributed by atoms with Crippen molar-refractivity contribution in [1.82, 2.24) is 14.6 Å². The fourth-order valence-electron chi connectivity index (χ4n) is 1.83.